The van der Waals surface area contributed by atoms with Gasteiger partial charge in [-0.25, -0.2) is 0 Å². The molecule has 0 atom stereocenters. The van der Waals surface area contributed by atoms with Crippen LogP contribution in [-0.4, -0.2) is 42.5 Å². The van der Waals surface area contributed by atoms with Crippen molar-refractivity contribution in [2.24, 2.45) is 5.73 Å². The van der Waals surface area contributed by atoms with Crippen molar-refractivity contribution in [1.82, 2.24) is 10.2 Å². The number of nitrogens with two attached hydrogens (primary N) is 1. The highest BCUT2D eigenvalue weighted by molar-refractivity contribution is 5.37. The maximum Gasteiger partial charge on any atom is 0.151 e. The molecule has 1 aliphatic heterocycles. The van der Waals surface area contributed by atoms with E-state index in [-0.39, 0.29) is 5.54 Å². The second-order valence-electron chi connectivity index (χ2n) is 6.05. The van der Waals surface area contributed by atoms with Gasteiger partial charge in [-0.3, -0.25) is 0 Å². The average molecular weight is 264 g/mol. The number of likely N-dealkylation sites (N-methyl/N-ethyl adjacent to an activating group) is 1. The van der Waals surface area contributed by atoms with Crippen LogP contribution in [0.5, 0.6) is 0 Å². The fourth-order valence-corrected chi connectivity index (χ4v) is 2.44. The second kappa shape index (κ2) is 5.84. The molecule has 1 fully saturated rings. The van der Waals surface area contributed by atoms with Crippen LogP contribution in [0, 0.1) is 0 Å². The molecule has 5 nitrogen and oxygen atoms in total. The number of rotatable bonds is 4. The van der Waals surface area contributed by atoms with E-state index >= 15 is 0 Å². The van der Waals surface area contributed by atoms with Crippen LogP contribution in [0.4, 0.5) is 5.82 Å². The van der Waals surface area contributed by atoms with Gasteiger partial charge in [0.1, 0.15) is 0 Å². The molecule has 106 valence electrons. The zero-order chi connectivity index (χ0) is 13.9. The lowest BCUT2D eigenvalue weighted by Crippen LogP contribution is -2.44. The van der Waals surface area contributed by atoms with Crippen molar-refractivity contribution in [2.45, 2.75) is 38.1 Å². The van der Waals surface area contributed by atoms with E-state index in [2.05, 4.69) is 16.3 Å². The van der Waals surface area contributed by atoms with Crippen LogP contribution in [0.3, 0.4) is 0 Å². The lowest BCUT2D eigenvalue weighted by atomic mass is 9.96. The summed E-state index contributed by atoms with van der Waals surface area (Å²) in [5, 5.41) is 8.68. The van der Waals surface area contributed by atoms with Gasteiger partial charge in [-0.1, -0.05) is 0 Å². The lowest BCUT2D eigenvalue weighted by molar-refractivity contribution is 0.0843. The average Bonchev–Trinajstić information content (AvgIpc) is 2.38. The Morgan fingerprint density at radius 1 is 1.32 bits per heavy atom. The summed E-state index contributed by atoms with van der Waals surface area (Å²) in [6.07, 6.45) is 2.08. The number of hydrogen-bond donors (Lipinski definition) is 1. The third kappa shape index (κ3) is 4.14. The molecule has 1 saturated heterocycles. The van der Waals surface area contributed by atoms with Gasteiger partial charge in [0.25, 0.3) is 0 Å². The first-order chi connectivity index (χ1) is 8.96. The Labute approximate surface area is 115 Å². The number of anilines is 1. The summed E-state index contributed by atoms with van der Waals surface area (Å²) in [6.45, 7) is 6.42. The third-order valence-electron chi connectivity index (χ3n) is 3.35. The van der Waals surface area contributed by atoms with Crippen LogP contribution < -0.4 is 10.6 Å². The van der Waals surface area contributed by atoms with Crippen molar-refractivity contribution in [3.05, 3.63) is 17.8 Å². The molecular formula is C14H24N4O. The standard InChI is InChI=1S/C14H24N4O/c1-14(2,15)10-18(3)13-5-4-12(16-17-13)11-6-8-19-9-7-11/h4-5,11H,6-10,15H2,1-3H3. The fraction of sp³-hybridized carbons (Fsp3) is 0.714. The molecule has 1 aliphatic rings. The van der Waals surface area contributed by atoms with Crippen molar-refractivity contribution < 1.29 is 4.74 Å². The van der Waals surface area contributed by atoms with Crippen molar-refractivity contribution in [3.63, 3.8) is 0 Å². The molecule has 1 aromatic rings. The molecule has 2 heterocycles. The molecule has 2 N–H and O–H groups in total. The number of ether oxygens (including phenoxy) is 1. The zero-order valence-corrected chi connectivity index (χ0v) is 12.1. The Balaban J connectivity index is 2.01. The van der Waals surface area contributed by atoms with Crippen LogP contribution in [0.1, 0.15) is 38.3 Å². The van der Waals surface area contributed by atoms with Gasteiger partial charge in [-0.05, 0) is 38.8 Å². The summed E-state index contributed by atoms with van der Waals surface area (Å²) in [5.41, 5.74) is 6.85. The summed E-state index contributed by atoms with van der Waals surface area (Å²) >= 11 is 0. The molecule has 19 heavy (non-hydrogen) atoms. The monoisotopic (exact) mass is 264 g/mol. The van der Waals surface area contributed by atoms with Gasteiger partial charge < -0.3 is 15.4 Å². The smallest absolute Gasteiger partial charge is 0.151 e. The van der Waals surface area contributed by atoms with Gasteiger partial charge in [0.15, 0.2) is 5.82 Å². The van der Waals surface area contributed by atoms with E-state index in [4.69, 9.17) is 10.5 Å². The Morgan fingerprint density at radius 3 is 2.53 bits per heavy atom. The molecule has 2 rings (SSSR count). The number of aromatic nitrogens is 2. The van der Waals surface area contributed by atoms with E-state index < -0.39 is 0 Å². The van der Waals surface area contributed by atoms with Gasteiger partial charge in [0, 0.05) is 38.3 Å². The van der Waals surface area contributed by atoms with Gasteiger partial charge in [-0.2, -0.15) is 5.10 Å². The van der Waals surface area contributed by atoms with E-state index in [0.29, 0.717) is 5.92 Å². The molecule has 5 heteroatoms. The highest BCUT2D eigenvalue weighted by Crippen LogP contribution is 2.25. The quantitative estimate of drug-likeness (QED) is 0.893. The van der Waals surface area contributed by atoms with Crippen molar-refractivity contribution in [3.8, 4) is 0 Å². The Bertz CT molecular complexity index is 393. The molecule has 0 spiro atoms. The lowest BCUT2D eigenvalue weighted by Gasteiger charge is -2.27. The van der Waals surface area contributed by atoms with Crippen LogP contribution >= 0.6 is 0 Å². The predicted molar refractivity (Wildman–Crippen MR) is 76.4 cm³/mol. The van der Waals surface area contributed by atoms with Crippen LogP contribution in [0.15, 0.2) is 12.1 Å². The first-order valence-corrected chi connectivity index (χ1v) is 6.87. The van der Waals surface area contributed by atoms with Gasteiger partial charge in [0.05, 0.1) is 5.69 Å². The van der Waals surface area contributed by atoms with E-state index in [1.165, 1.54) is 0 Å². The van der Waals surface area contributed by atoms with Crippen molar-refractivity contribution >= 4 is 5.82 Å². The number of hydrogen-bond acceptors (Lipinski definition) is 5. The summed E-state index contributed by atoms with van der Waals surface area (Å²) in [4.78, 5) is 2.04. The van der Waals surface area contributed by atoms with E-state index in [9.17, 15) is 0 Å². The Hall–Kier alpha value is -1.20. The van der Waals surface area contributed by atoms with Crippen LogP contribution in [0.25, 0.3) is 0 Å². The normalized spacial score (nSPS) is 17.5. The minimum absolute atomic E-state index is 0.240. The SMILES string of the molecule is CN(CC(C)(C)N)c1ccc(C2CCOCC2)nn1. The maximum atomic E-state index is 6.02. The molecule has 0 aromatic carbocycles. The zero-order valence-electron chi connectivity index (χ0n) is 12.1. The third-order valence-corrected chi connectivity index (χ3v) is 3.35. The summed E-state index contributed by atoms with van der Waals surface area (Å²) < 4.78 is 5.37. The molecule has 1 aromatic heterocycles. The first-order valence-electron chi connectivity index (χ1n) is 6.87. The predicted octanol–water partition coefficient (Wildman–Crippen LogP) is 1.54. The number of nitrogens with zero attached hydrogens (tertiary/aromatic N) is 3. The topological polar surface area (TPSA) is 64.3 Å². The first kappa shape index (κ1) is 14.2. The largest absolute Gasteiger partial charge is 0.381 e. The van der Waals surface area contributed by atoms with E-state index in [1.807, 2.05) is 31.9 Å². The molecular weight excluding hydrogens is 240 g/mol. The minimum Gasteiger partial charge on any atom is -0.381 e. The summed E-state index contributed by atoms with van der Waals surface area (Å²) in [5.74, 6) is 1.36. The van der Waals surface area contributed by atoms with E-state index in [0.717, 1.165) is 44.1 Å². The van der Waals surface area contributed by atoms with E-state index in [1.54, 1.807) is 0 Å². The maximum absolute atomic E-state index is 6.02. The van der Waals surface area contributed by atoms with Gasteiger partial charge in [-0.15, -0.1) is 5.10 Å². The Morgan fingerprint density at radius 2 is 2.00 bits per heavy atom. The molecule has 0 radical (unpaired) electrons. The molecule has 0 amide bonds. The van der Waals surface area contributed by atoms with Crippen LogP contribution in [0.2, 0.25) is 0 Å². The highest BCUT2D eigenvalue weighted by atomic mass is 16.5. The van der Waals surface area contributed by atoms with Crippen LogP contribution in [-0.2, 0) is 4.74 Å². The van der Waals surface area contributed by atoms with Gasteiger partial charge >= 0.3 is 0 Å². The molecule has 0 saturated carbocycles. The Kier molecular flexibility index (Phi) is 4.37. The molecule has 0 aliphatic carbocycles. The van der Waals surface area contributed by atoms with Crippen molar-refractivity contribution in [2.75, 3.05) is 31.7 Å². The fourth-order valence-electron chi connectivity index (χ4n) is 2.44. The second-order valence-corrected chi connectivity index (χ2v) is 6.05. The summed E-state index contributed by atoms with van der Waals surface area (Å²) in [6, 6.07) is 4.11. The molecule has 0 bridgehead atoms. The summed E-state index contributed by atoms with van der Waals surface area (Å²) in [7, 11) is 1.99. The van der Waals surface area contributed by atoms with Gasteiger partial charge in [0.2, 0.25) is 0 Å². The highest BCUT2D eigenvalue weighted by Gasteiger charge is 2.19. The minimum atomic E-state index is -0.240. The van der Waals surface area contributed by atoms with Crippen molar-refractivity contribution in [1.29, 1.82) is 0 Å². The molecule has 0 unspecified atom stereocenters.